The molecule has 37 heavy (non-hydrogen) atoms. The summed E-state index contributed by atoms with van der Waals surface area (Å²) in [7, 11) is 0. The number of H-pyrrole nitrogens is 2. The molecule has 0 aliphatic rings. The van der Waals surface area contributed by atoms with E-state index in [0.29, 0.717) is 10.8 Å². The van der Waals surface area contributed by atoms with Gasteiger partial charge in [0.05, 0.1) is 9.85 Å². The fourth-order valence-corrected chi connectivity index (χ4v) is 3.11. The predicted molar refractivity (Wildman–Crippen MR) is 131 cm³/mol. The van der Waals surface area contributed by atoms with E-state index in [0.717, 1.165) is 0 Å². The third kappa shape index (κ3) is 6.43. The average Bonchev–Trinajstić information content (AvgIpc) is 3.30. The van der Waals surface area contributed by atoms with Crippen molar-refractivity contribution in [2.75, 3.05) is 0 Å². The second kappa shape index (κ2) is 12.0. The molecule has 19 heteroatoms. The van der Waals surface area contributed by atoms with Crippen LogP contribution in [0.25, 0.3) is 21.8 Å². The van der Waals surface area contributed by atoms with Crippen molar-refractivity contribution in [2.45, 2.75) is 0 Å². The molecule has 0 fully saturated rings. The summed E-state index contributed by atoms with van der Waals surface area (Å²) in [5.41, 5.74) is 9.94. The fourth-order valence-electron chi connectivity index (χ4n) is 3.03. The summed E-state index contributed by atoms with van der Waals surface area (Å²) in [5, 5.41) is 58.9. The second-order valence-corrected chi connectivity index (χ2v) is 7.43. The molecule has 0 bridgehead atoms. The summed E-state index contributed by atoms with van der Waals surface area (Å²) in [6, 6.07) is 8.52. The van der Waals surface area contributed by atoms with E-state index in [1.165, 1.54) is 36.4 Å². The molecule has 2 aromatic heterocycles. The minimum atomic E-state index is -0.591. The van der Waals surface area contributed by atoms with Gasteiger partial charge in [-0.2, -0.15) is 0 Å². The molecule has 0 atom stereocenters. The third-order valence-corrected chi connectivity index (χ3v) is 4.56. The van der Waals surface area contributed by atoms with Gasteiger partial charge in [-0.3, -0.25) is 20.2 Å². The molecule has 0 spiro atoms. The van der Waals surface area contributed by atoms with Crippen LogP contribution in [0.1, 0.15) is 0 Å². The van der Waals surface area contributed by atoms with Gasteiger partial charge in [-0.1, -0.05) is 24.3 Å². The van der Waals surface area contributed by atoms with Crippen LogP contribution in [0.15, 0.2) is 56.9 Å². The van der Waals surface area contributed by atoms with Crippen molar-refractivity contribution in [1.29, 1.82) is 0 Å². The Bertz CT molecular complexity index is 1480. The summed E-state index contributed by atoms with van der Waals surface area (Å²) < 4.78 is 0. The molecule has 0 radical (unpaired) electrons. The number of nitro groups is 2. The van der Waals surface area contributed by atoms with E-state index >= 15 is 0 Å². The molecule has 0 saturated carbocycles. The van der Waals surface area contributed by atoms with Gasteiger partial charge in [-0.25, -0.2) is 0 Å². The Labute approximate surface area is 230 Å². The molecule has 0 aliphatic heterocycles. The Hall–Kier alpha value is -4.41. The van der Waals surface area contributed by atoms with Gasteiger partial charge in [0.25, 0.3) is 11.4 Å². The van der Waals surface area contributed by atoms with Crippen molar-refractivity contribution in [1.82, 2.24) is 9.97 Å². The maximum absolute atomic E-state index is 11.6. The number of fused-ring (bicyclic) bond motifs is 2. The Morgan fingerprint density at radius 1 is 0.757 bits per heavy atom. The van der Waals surface area contributed by atoms with Gasteiger partial charge >= 0.3 is 21.1 Å². The van der Waals surface area contributed by atoms with Crippen LogP contribution >= 0.6 is 24.4 Å². The van der Waals surface area contributed by atoms with Crippen LogP contribution in [0.5, 0.6) is 11.8 Å². The number of hydrogen-bond donors (Lipinski definition) is 4. The molecule has 0 saturated heterocycles. The number of nitrogens with zero attached hydrogens (tertiary/aromatic N) is 6. The first kappa shape index (κ1) is 28.8. The Morgan fingerprint density at radius 3 is 1.41 bits per heavy atom. The first-order valence-electron chi connectivity index (χ1n) is 9.35. The van der Waals surface area contributed by atoms with Crippen LogP contribution in [-0.4, -0.2) is 30.0 Å². The van der Waals surface area contributed by atoms with Gasteiger partial charge < -0.3 is 31.6 Å². The first-order chi connectivity index (χ1) is 17.0. The van der Waals surface area contributed by atoms with Crippen LogP contribution in [-0.2, 0) is 21.1 Å². The number of nitro benzene ring substituents is 2. The van der Waals surface area contributed by atoms with Crippen LogP contribution in [0.3, 0.4) is 0 Å². The number of hydrogen-bond acceptors (Lipinski definition) is 10. The maximum Gasteiger partial charge on any atom is 2.00 e. The molecule has 2 heterocycles. The average molecular weight is 724 g/mol. The van der Waals surface area contributed by atoms with Gasteiger partial charge in [0.15, 0.2) is 0 Å². The van der Waals surface area contributed by atoms with Gasteiger partial charge in [0, 0.05) is 22.9 Å². The van der Waals surface area contributed by atoms with Crippen molar-refractivity contribution in [3.8, 4) is 11.8 Å². The van der Waals surface area contributed by atoms with Crippen molar-refractivity contribution in [2.24, 2.45) is 31.9 Å². The number of aromatic nitrogens is 2. The molecular formula is C18H12N10O6PtS2. The quantitative estimate of drug-likeness (QED) is 0.103. The van der Waals surface area contributed by atoms with Crippen LogP contribution in [0.4, 0.5) is 22.7 Å². The summed E-state index contributed by atoms with van der Waals surface area (Å²) in [4.78, 5) is 25.1. The number of non-ortho nitro benzene ring substituents is 2. The third-order valence-electron chi connectivity index (χ3n) is 4.39. The normalized spacial score (nSPS) is 10.8. The van der Waals surface area contributed by atoms with Crippen molar-refractivity contribution in [3.05, 3.63) is 56.6 Å². The van der Waals surface area contributed by atoms with Gasteiger partial charge in [0.1, 0.15) is 22.4 Å². The molecule has 2 aromatic carbocycles. The zero-order valence-corrected chi connectivity index (χ0v) is 21.8. The topological polar surface area (TPSA) is 265 Å². The number of thiocarbonyl (C=S) groups is 2. The summed E-state index contributed by atoms with van der Waals surface area (Å²) in [5.74, 6) is -1.17. The van der Waals surface area contributed by atoms with E-state index in [4.69, 9.17) is 11.5 Å². The zero-order valence-electron chi connectivity index (χ0n) is 17.9. The standard InChI is InChI=1S/2C9H7N5O3S.Pt/c2*10-9(18)13-12-7-4-2-1-3-5(14(16)17)6(4)11-8(7)15;/h2*1-3,11,15H,(H2,10,18);/q;;+2/p-2. The molecule has 4 rings (SSSR count). The number of benzene rings is 2. The van der Waals surface area contributed by atoms with E-state index < -0.39 is 21.6 Å². The van der Waals surface area contributed by atoms with Crippen LogP contribution < -0.4 is 21.7 Å². The van der Waals surface area contributed by atoms with E-state index in [9.17, 15) is 30.4 Å². The monoisotopic (exact) mass is 723 g/mol. The molecule has 0 unspecified atom stereocenters. The Kier molecular flexibility index (Phi) is 9.36. The van der Waals surface area contributed by atoms with Crippen LogP contribution in [0, 0.1) is 20.2 Å². The van der Waals surface area contributed by atoms with Crippen molar-refractivity contribution in [3.63, 3.8) is 0 Å². The van der Waals surface area contributed by atoms with Crippen LogP contribution in [0.2, 0.25) is 0 Å². The molecule has 6 N–H and O–H groups in total. The molecule has 4 aromatic rings. The van der Waals surface area contributed by atoms with E-state index in [-0.39, 0.29) is 65.1 Å². The van der Waals surface area contributed by atoms with E-state index in [1.807, 2.05) is 0 Å². The SMILES string of the molecule is NC(=S)N=Nc1c([O-])[nH]c2c([N+](=O)[O-])cccc12.NC(=S)N=Nc1c([O-])[nH]c2c([N+](=O)[O-])cccc12.[Pt+2]. The minimum absolute atomic E-state index is 0. The smallest absolute Gasteiger partial charge is 0.859 e. The van der Waals surface area contributed by atoms with Gasteiger partial charge in [-0.05, 0) is 36.2 Å². The number of azo groups is 2. The Balaban J connectivity index is 0.000000253. The number of para-hydroxylation sites is 2. The molecule has 0 amide bonds. The molecule has 192 valence electrons. The maximum atomic E-state index is 11.6. The Morgan fingerprint density at radius 2 is 1.11 bits per heavy atom. The number of nitrogens with two attached hydrogens (primary N) is 2. The van der Waals surface area contributed by atoms with Gasteiger partial charge in [-0.15, -0.1) is 20.5 Å². The largest absolute Gasteiger partial charge is 2.00 e. The minimum Gasteiger partial charge on any atom is -0.859 e. The summed E-state index contributed by atoms with van der Waals surface area (Å²) >= 11 is 9.00. The number of aromatic amines is 2. The second-order valence-electron chi connectivity index (χ2n) is 6.60. The number of rotatable bonds is 4. The van der Waals surface area contributed by atoms with Crippen molar-refractivity contribution < 1.29 is 41.1 Å². The molecule has 16 nitrogen and oxygen atoms in total. The summed E-state index contributed by atoms with van der Waals surface area (Å²) in [6.07, 6.45) is 0. The van der Waals surface area contributed by atoms with Gasteiger partial charge in [0.2, 0.25) is 10.2 Å². The number of nitrogens with one attached hydrogen (secondary N) is 2. The molecular weight excluding hydrogens is 711 g/mol. The zero-order chi connectivity index (χ0) is 26.6. The van der Waals surface area contributed by atoms with E-state index in [1.54, 1.807) is 0 Å². The molecule has 0 aliphatic carbocycles. The van der Waals surface area contributed by atoms with E-state index in [2.05, 4.69) is 54.9 Å². The fraction of sp³-hybridized carbons (Fsp3) is 0. The summed E-state index contributed by atoms with van der Waals surface area (Å²) in [6.45, 7) is 0. The predicted octanol–water partition coefficient (Wildman–Crippen LogP) is 2.95. The van der Waals surface area contributed by atoms with Crippen molar-refractivity contribution >= 4 is 79.2 Å². The first-order valence-corrected chi connectivity index (χ1v) is 10.2.